The molecule has 4 nitrogen and oxygen atoms in total. The molecule has 4 rings (SSSR count). The molecule has 0 aliphatic carbocycles. The lowest BCUT2D eigenvalue weighted by molar-refractivity contribution is 0.0747. The van der Waals surface area contributed by atoms with Crippen LogP contribution in [-0.4, -0.2) is 42.0 Å². The Bertz CT molecular complexity index is 914. The van der Waals surface area contributed by atoms with E-state index >= 15 is 0 Å². The molecule has 0 bridgehead atoms. The molecule has 1 saturated heterocycles. The van der Waals surface area contributed by atoms with Crippen molar-refractivity contribution < 1.29 is 4.79 Å². The van der Waals surface area contributed by atoms with Crippen molar-refractivity contribution in [2.24, 2.45) is 0 Å². The summed E-state index contributed by atoms with van der Waals surface area (Å²) in [5, 5.41) is 1.73. The molecular weight excluding hydrogens is 334 g/mol. The topological polar surface area (TPSA) is 36.4 Å². The number of rotatable bonds is 2. The molecular formula is C20H18ClN3O. The Morgan fingerprint density at radius 1 is 0.960 bits per heavy atom. The zero-order chi connectivity index (χ0) is 17.2. The van der Waals surface area contributed by atoms with Crippen LogP contribution in [0.3, 0.4) is 0 Å². The number of aromatic nitrogens is 1. The Morgan fingerprint density at radius 3 is 2.52 bits per heavy atom. The van der Waals surface area contributed by atoms with E-state index in [9.17, 15) is 4.79 Å². The van der Waals surface area contributed by atoms with Crippen LogP contribution in [0.2, 0.25) is 5.02 Å². The molecule has 1 fully saturated rings. The van der Waals surface area contributed by atoms with Crippen LogP contribution in [0.5, 0.6) is 0 Å². The third-order valence-corrected chi connectivity index (χ3v) is 4.83. The highest BCUT2D eigenvalue weighted by Gasteiger charge is 2.23. The van der Waals surface area contributed by atoms with Crippen molar-refractivity contribution in [1.82, 2.24) is 9.88 Å². The first-order valence-corrected chi connectivity index (χ1v) is 8.74. The maximum atomic E-state index is 12.6. The average molecular weight is 352 g/mol. The van der Waals surface area contributed by atoms with E-state index < -0.39 is 0 Å². The van der Waals surface area contributed by atoms with Gasteiger partial charge in [0.25, 0.3) is 5.91 Å². The molecule has 1 aliphatic heterocycles. The summed E-state index contributed by atoms with van der Waals surface area (Å²) in [4.78, 5) is 21.4. The molecule has 0 radical (unpaired) electrons. The van der Waals surface area contributed by atoms with Gasteiger partial charge in [-0.3, -0.25) is 9.78 Å². The molecule has 0 atom stereocenters. The lowest BCUT2D eigenvalue weighted by atomic mass is 10.1. The molecule has 5 heteroatoms. The number of carbonyl (C=O) groups excluding carboxylic acids is 1. The van der Waals surface area contributed by atoms with E-state index in [0.717, 1.165) is 29.7 Å². The van der Waals surface area contributed by atoms with Crippen molar-refractivity contribution >= 4 is 34.1 Å². The van der Waals surface area contributed by atoms with Crippen LogP contribution in [0.1, 0.15) is 10.4 Å². The number of para-hydroxylation sites is 1. The highest BCUT2D eigenvalue weighted by molar-refractivity contribution is 6.30. The van der Waals surface area contributed by atoms with Crippen LogP contribution < -0.4 is 4.90 Å². The van der Waals surface area contributed by atoms with E-state index in [1.54, 1.807) is 12.1 Å². The van der Waals surface area contributed by atoms with Gasteiger partial charge < -0.3 is 9.80 Å². The second-order valence-corrected chi connectivity index (χ2v) is 6.58. The fourth-order valence-corrected chi connectivity index (χ4v) is 3.49. The van der Waals surface area contributed by atoms with Crippen LogP contribution >= 0.6 is 11.6 Å². The highest BCUT2D eigenvalue weighted by atomic mass is 35.5. The van der Waals surface area contributed by atoms with Gasteiger partial charge in [-0.1, -0.05) is 35.9 Å². The van der Waals surface area contributed by atoms with Gasteiger partial charge in [-0.25, -0.2) is 0 Å². The average Bonchev–Trinajstić information content (AvgIpc) is 2.67. The SMILES string of the molecule is O=C(c1cccc(Cl)c1)N1CCN(c2cccc3cccnc23)CC1. The first-order chi connectivity index (χ1) is 12.2. The molecule has 1 amide bonds. The van der Waals surface area contributed by atoms with Crippen LogP contribution in [0, 0.1) is 0 Å². The number of fused-ring (bicyclic) bond motifs is 1. The summed E-state index contributed by atoms with van der Waals surface area (Å²) in [7, 11) is 0. The maximum absolute atomic E-state index is 12.6. The normalized spacial score (nSPS) is 14.8. The largest absolute Gasteiger partial charge is 0.366 e. The van der Waals surface area contributed by atoms with Gasteiger partial charge in [-0.15, -0.1) is 0 Å². The van der Waals surface area contributed by atoms with Gasteiger partial charge in [0, 0.05) is 48.3 Å². The van der Waals surface area contributed by atoms with Gasteiger partial charge >= 0.3 is 0 Å². The van der Waals surface area contributed by atoms with Gasteiger partial charge in [-0.2, -0.15) is 0 Å². The second-order valence-electron chi connectivity index (χ2n) is 6.14. The Kier molecular flexibility index (Phi) is 4.28. The van der Waals surface area contributed by atoms with Crippen LogP contribution in [-0.2, 0) is 0 Å². The summed E-state index contributed by atoms with van der Waals surface area (Å²) in [6.45, 7) is 2.97. The third kappa shape index (κ3) is 3.17. The number of anilines is 1. The Morgan fingerprint density at radius 2 is 1.72 bits per heavy atom. The minimum atomic E-state index is 0.0400. The number of halogens is 1. The summed E-state index contributed by atoms with van der Waals surface area (Å²) in [6.07, 6.45) is 1.82. The quantitative estimate of drug-likeness (QED) is 0.703. The molecule has 1 aliphatic rings. The minimum absolute atomic E-state index is 0.0400. The summed E-state index contributed by atoms with van der Waals surface area (Å²) >= 11 is 6.00. The minimum Gasteiger partial charge on any atom is -0.366 e. The van der Waals surface area contributed by atoms with Crippen LogP contribution in [0.4, 0.5) is 5.69 Å². The van der Waals surface area contributed by atoms with Gasteiger partial charge in [0.05, 0.1) is 11.2 Å². The molecule has 3 aromatic rings. The molecule has 0 saturated carbocycles. The van der Waals surface area contributed by atoms with Gasteiger partial charge in [-0.05, 0) is 30.3 Å². The van der Waals surface area contributed by atoms with Crippen molar-refractivity contribution in [1.29, 1.82) is 0 Å². The lowest BCUT2D eigenvalue weighted by Gasteiger charge is -2.36. The monoisotopic (exact) mass is 351 g/mol. The smallest absolute Gasteiger partial charge is 0.254 e. The van der Waals surface area contributed by atoms with Gasteiger partial charge in [0.1, 0.15) is 0 Å². The Hall–Kier alpha value is -2.59. The standard InChI is InChI=1S/C20H18ClN3O/c21-17-7-1-5-16(14-17)20(25)24-12-10-23(11-13-24)18-8-2-4-15-6-3-9-22-19(15)18/h1-9,14H,10-13H2. The Labute approximate surface area is 151 Å². The van der Waals surface area contributed by atoms with E-state index in [1.807, 2.05) is 29.3 Å². The van der Waals surface area contributed by atoms with E-state index in [2.05, 4.69) is 34.1 Å². The second kappa shape index (κ2) is 6.73. The number of piperazine rings is 1. The number of amides is 1. The van der Waals surface area contributed by atoms with Gasteiger partial charge in [0.2, 0.25) is 0 Å². The first kappa shape index (κ1) is 15.9. The zero-order valence-corrected chi connectivity index (χ0v) is 14.5. The van der Waals surface area contributed by atoms with E-state index in [4.69, 9.17) is 11.6 Å². The maximum Gasteiger partial charge on any atom is 0.254 e. The van der Waals surface area contributed by atoms with Crippen LogP contribution in [0.15, 0.2) is 60.8 Å². The van der Waals surface area contributed by atoms with E-state index in [-0.39, 0.29) is 5.91 Å². The fourth-order valence-electron chi connectivity index (χ4n) is 3.30. The fraction of sp³-hybridized carbons (Fsp3) is 0.200. The first-order valence-electron chi connectivity index (χ1n) is 8.36. The van der Waals surface area contributed by atoms with Gasteiger partial charge in [0.15, 0.2) is 0 Å². The van der Waals surface area contributed by atoms with E-state index in [1.165, 1.54) is 0 Å². The van der Waals surface area contributed by atoms with Crippen LogP contribution in [0.25, 0.3) is 10.9 Å². The summed E-state index contributed by atoms with van der Waals surface area (Å²) in [5.41, 5.74) is 2.79. The number of hydrogen-bond donors (Lipinski definition) is 0. The highest BCUT2D eigenvalue weighted by Crippen LogP contribution is 2.26. The van der Waals surface area contributed by atoms with Crippen molar-refractivity contribution in [3.63, 3.8) is 0 Å². The number of nitrogens with zero attached hydrogens (tertiary/aromatic N) is 3. The van der Waals surface area contributed by atoms with Crippen molar-refractivity contribution in [2.45, 2.75) is 0 Å². The molecule has 0 N–H and O–H groups in total. The molecule has 2 aromatic carbocycles. The summed E-state index contributed by atoms with van der Waals surface area (Å²) < 4.78 is 0. The molecule has 1 aromatic heterocycles. The zero-order valence-electron chi connectivity index (χ0n) is 13.7. The van der Waals surface area contributed by atoms with E-state index in [0.29, 0.717) is 23.7 Å². The van der Waals surface area contributed by atoms with Crippen molar-refractivity contribution in [3.05, 3.63) is 71.4 Å². The molecule has 126 valence electrons. The summed E-state index contributed by atoms with van der Waals surface area (Å²) in [6, 6.07) is 17.4. The predicted molar refractivity (Wildman–Crippen MR) is 101 cm³/mol. The summed E-state index contributed by atoms with van der Waals surface area (Å²) in [5.74, 6) is 0.0400. The number of carbonyl (C=O) groups is 1. The Balaban J connectivity index is 1.50. The molecule has 0 spiro atoms. The number of pyridine rings is 1. The third-order valence-electron chi connectivity index (χ3n) is 4.59. The number of hydrogen-bond acceptors (Lipinski definition) is 3. The van der Waals surface area contributed by atoms with Crippen molar-refractivity contribution in [3.8, 4) is 0 Å². The predicted octanol–water partition coefficient (Wildman–Crippen LogP) is 3.85. The number of benzene rings is 2. The lowest BCUT2D eigenvalue weighted by Crippen LogP contribution is -2.48. The molecule has 2 heterocycles. The van der Waals surface area contributed by atoms with Crippen molar-refractivity contribution in [2.75, 3.05) is 31.1 Å². The molecule has 25 heavy (non-hydrogen) atoms. The molecule has 0 unspecified atom stereocenters.